The lowest BCUT2D eigenvalue weighted by Crippen LogP contribution is -2.57. The lowest BCUT2D eigenvalue weighted by atomic mass is 10.0. The molecule has 3 rings (SSSR count). The topological polar surface area (TPSA) is 73.0 Å². The molecular weight excluding hydrogens is 312 g/mol. The maximum absolute atomic E-state index is 12.5. The second kappa shape index (κ2) is 6.16. The van der Waals surface area contributed by atoms with Crippen LogP contribution in [0.2, 0.25) is 0 Å². The second-order valence-electron chi connectivity index (χ2n) is 5.19. The van der Waals surface area contributed by atoms with Crippen LogP contribution in [0.5, 0.6) is 5.88 Å². The zero-order chi connectivity index (χ0) is 16.6. The van der Waals surface area contributed by atoms with Crippen molar-refractivity contribution in [2.24, 2.45) is 0 Å². The largest absolute Gasteiger partial charge is 0.854 e. The van der Waals surface area contributed by atoms with Gasteiger partial charge in [-0.1, -0.05) is 42.4 Å². The minimum absolute atomic E-state index is 0.00106. The molecule has 120 valence electrons. The molecule has 1 aromatic heterocycles. The number of carbonyl (C=O) groups is 1. The molecule has 0 aliphatic carbocycles. The summed E-state index contributed by atoms with van der Waals surface area (Å²) in [5.74, 6) is 0.471. The molecule has 23 heavy (non-hydrogen) atoms. The van der Waals surface area contributed by atoms with Crippen LogP contribution < -0.4 is 14.7 Å². The first-order valence-electron chi connectivity index (χ1n) is 7.63. The van der Waals surface area contributed by atoms with Crippen molar-refractivity contribution >= 4 is 23.4 Å². The number of rotatable bonds is 3. The predicted molar refractivity (Wildman–Crippen MR) is 86.0 cm³/mol. The Morgan fingerprint density at radius 3 is 2.83 bits per heavy atom. The van der Waals surface area contributed by atoms with Crippen LogP contribution in [0, 0.1) is 0 Å². The van der Waals surface area contributed by atoms with E-state index in [1.807, 2.05) is 45.0 Å². The van der Waals surface area contributed by atoms with Crippen LogP contribution in [0.15, 0.2) is 29.4 Å². The molecule has 0 N–H and O–H groups in total. The van der Waals surface area contributed by atoms with Gasteiger partial charge in [-0.25, -0.2) is 4.98 Å². The van der Waals surface area contributed by atoms with Gasteiger partial charge in [-0.3, -0.25) is 9.69 Å². The first-order chi connectivity index (χ1) is 11.1. The van der Waals surface area contributed by atoms with Gasteiger partial charge in [-0.15, -0.1) is 0 Å². The Balaban J connectivity index is 2.25. The standard InChI is InChI=1S/C16H18N4O2S/c1-4-13(21)19-10(3)20-14(11-8-6-7-9-12(11)19)15(22)17-16(18-20)23-5-2/h6-10H,4-5H2,1-3H3. The van der Waals surface area contributed by atoms with Gasteiger partial charge in [0.1, 0.15) is 0 Å². The summed E-state index contributed by atoms with van der Waals surface area (Å²) in [5, 5.41) is 17.5. The van der Waals surface area contributed by atoms with Crippen molar-refractivity contribution in [2.75, 3.05) is 10.7 Å². The molecule has 1 unspecified atom stereocenters. The summed E-state index contributed by atoms with van der Waals surface area (Å²) in [5.41, 5.74) is 1.88. The molecule has 1 aromatic carbocycles. The van der Waals surface area contributed by atoms with Crippen LogP contribution in [0.4, 0.5) is 5.69 Å². The number of benzene rings is 1. The molecule has 7 heteroatoms. The van der Waals surface area contributed by atoms with E-state index >= 15 is 0 Å². The maximum Gasteiger partial charge on any atom is 0.263 e. The number of hydrogen-bond donors (Lipinski definition) is 0. The SMILES string of the molecule is CCSc1nc([O-])c2[n+](n1)C(C)N(C(=O)CC)c1ccccc1-2. The highest BCUT2D eigenvalue weighted by atomic mass is 32.2. The number of aromatic nitrogens is 3. The van der Waals surface area contributed by atoms with Gasteiger partial charge in [0, 0.05) is 18.4 Å². The molecule has 2 heterocycles. The van der Waals surface area contributed by atoms with Gasteiger partial charge in [0.25, 0.3) is 17.0 Å². The number of carbonyl (C=O) groups excluding carboxylic acids is 1. The number of para-hydroxylation sites is 1. The Morgan fingerprint density at radius 2 is 2.13 bits per heavy atom. The molecular formula is C16H18N4O2S. The number of nitrogens with zero attached hydrogens (tertiary/aromatic N) is 4. The summed E-state index contributed by atoms with van der Waals surface area (Å²) in [6, 6.07) is 7.41. The third kappa shape index (κ3) is 2.55. The third-order valence-electron chi connectivity index (χ3n) is 3.81. The van der Waals surface area contributed by atoms with Gasteiger partial charge in [0.05, 0.1) is 17.1 Å². The lowest BCUT2D eigenvalue weighted by Gasteiger charge is -2.31. The van der Waals surface area contributed by atoms with E-state index in [0.29, 0.717) is 22.8 Å². The number of fused-ring (bicyclic) bond motifs is 3. The zero-order valence-electron chi connectivity index (χ0n) is 13.3. The highest BCUT2D eigenvalue weighted by molar-refractivity contribution is 7.99. The van der Waals surface area contributed by atoms with Gasteiger partial charge < -0.3 is 5.11 Å². The molecule has 0 fully saturated rings. The Morgan fingerprint density at radius 1 is 1.39 bits per heavy atom. The average Bonchev–Trinajstić information content (AvgIpc) is 2.55. The van der Waals surface area contributed by atoms with Gasteiger partial charge in [-0.05, 0) is 17.9 Å². The molecule has 0 radical (unpaired) electrons. The second-order valence-corrected chi connectivity index (χ2v) is 6.42. The molecule has 1 aliphatic rings. The molecule has 1 amide bonds. The lowest BCUT2D eigenvalue weighted by molar-refractivity contribution is -0.769. The van der Waals surface area contributed by atoms with Crippen molar-refractivity contribution in [1.29, 1.82) is 0 Å². The Labute approximate surface area is 139 Å². The fourth-order valence-electron chi connectivity index (χ4n) is 2.81. The highest BCUT2D eigenvalue weighted by Crippen LogP contribution is 2.38. The van der Waals surface area contributed by atoms with Gasteiger partial charge >= 0.3 is 0 Å². The van der Waals surface area contributed by atoms with E-state index < -0.39 is 0 Å². The Bertz CT molecular complexity index is 766. The molecule has 1 aliphatic heterocycles. The van der Waals surface area contributed by atoms with Crippen LogP contribution in [0.1, 0.15) is 33.4 Å². The van der Waals surface area contributed by atoms with E-state index in [9.17, 15) is 9.90 Å². The molecule has 2 aromatic rings. The van der Waals surface area contributed by atoms with Crippen molar-refractivity contribution in [2.45, 2.75) is 38.5 Å². The predicted octanol–water partition coefficient (Wildman–Crippen LogP) is 1.89. The van der Waals surface area contributed by atoms with E-state index in [0.717, 1.165) is 11.4 Å². The van der Waals surface area contributed by atoms with Gasteiger partial charge in [0.15, 0.2) is 0 Å². The van der Waals surface area contributed by atoms with E-state index in [1.54, 1.807) is 9.58 Å². The van der Waals surface area contributed by atoms with Crippen molar-refractivity contribution < 1.29 is 14.6 Å². The van der Waals surface area contributed by atoms with Gasteiger partial charge in [-0.2, -0.15) is 0 Å². The molecule has 0 bridgehead atoms. The first kappa shape index (κ1) is 15.7. The molecule has 0 spiro atoms. The zero-order valence-corrected chi connectivity index (χ0v) is 14.1. The van der Waals surface area contributed by atoms with Crippen LogP contribution in [-0.2, 0) is 4.79 Å². The van der Waals surface area contributed by atoms with E-state index in [-0.39, 0.29) is 18.0 Å². The number of thioether (sulfide) groups is 1. The third-order valence-corrected chi connectivity index (χ3v) is 4.53. The number of anilines is 1. The number of amides is 1. The van der Waals surface area contributed by atoms with Crippen molar-refractivity contribution in [3.05, 3.63) is 24.3 Å². The van der Waals surface area contributed by atoms with Gasteiger partial charge in [0.2, 0.25) is 5.91 Å². The van der Waals surface area contributed by atoms with Crippen molar-refractivity contribution in [1.82, 2.24) is 10.1 Å². The summed E-state index contributed by atoms with van der Waals surface area (Å²) < 4.78 is 1.63. The minimum atomic E-state index is -0.362. The molecule has 0 saturated carbocycles. The smallest absolute Gasteiger partial charge is 0.263 e. The minimum Gasteiger partial charge on any atom is -0.854 e. The summed E-state index contributed by atoms with van der Waals surface area (Å²) in [4.78, 5) is 18.2. The Kier molecular flexibility index (Phi) is 4.21. The van der Waals surface area contributed by atoms with Crippen LogP contribution in [0.3, 0.4) is 0 Å². The van der Waals surface area contributed by atoms with Crippen LogP contribution in [0.25, 0.3) is 11.3 Å². The normalized spacial score (nSPS) is 16.0. The van der Waals surface area contributed by atoms with Crippen molar-refractivity contribution in [3.63, 3.8) is 0 Å². The van der Waals surface area contributed by atoms with Crippen molar-refractivity contribution in [3.8, 4) is 17.1 Å². The number of hydrogen-bond acceptors (Lipinski definition) is 5. The maximum atomic E-state index is 12.5. The summed E-state index contributed by atoms with van der Waals surface area (Å²) >= 11 is 1.41. The molecule has 0 saturated heterocycles. The fraction of sp³-hybridized carbons (Fsp3) is 0.375. The summed E-state index contributed by atoms with van der Waals surface area (Å²) in [6.45, 7) is 5.68. The summed E-state index contributed by atoms with van der Waals surface area (Å²) in [6.07, 6.45) is 0.0275. The first-order valence-corrected chi connectivity index (χ1v) is 8.62. The monoisotopic (exact) mass is 330 g/mol. The molecule has 1 atom stereocenters. The Hall–Kier alpha value is -2.15. The average molecular weight is 330 g/mol. The summed E-state index contributed by atoms with van der Waals surface area (Å²) in [7, 11) is 0. The fourth-order valence-corrected chi connectivity index (χ4v) is 3.36. The molecule has 6 nitrogen and oxygen atoms in total. The van der Waals surface area contributed by atoms with E-state index in [2.05, 4.69) is 10.1 Å². The highest BCUT2D eigenvalue weighted by Gasteiger charge is 2.40. The van der Waals surface area contributed by atoms with E-state index in [4.69, 9.17) is 0 Å². The van der Waals surface area contributed by atoms with Crippen LogP contribution >= 0.6 is 11.8 Å². The van der Waals surface area contributed by atoms with E-state index in [1.165, 1.54) is 11.8 Å². The quantitative estimate of drug-likeness (QED) is 0.635. The van der Waals surface area contributed by atoms with Crippen LogP contribution in [-0.4, -0.2) is 21.7 Å².